The van der Waals surface area contributed by atoms with Crippen LogP contribution in [0.4, 0.5) is 0 Å². The Bertz CT molecular complexity index is 709. The van der Waals surface area contributed by atoms with E-state index in [4.69, 9.17) is 4.74 Å². The van der Waals surface area contributed by atoms with Gasteiger partial charge in [-0.05, 0) is 35.7 Å². The first-order chi connectivity index (χ1) is 11.1. The van der Waals surface area contributed by atoms with Crippen LogP contribution in [0.15, 0.2) is 24.3 Å². The largest absolute Gasteiger partial charge is 0.493 e. The Labute approximate surface area is 134 Å². The topological polar surface area (TPSA) is 87.2 Å². The Morgan fingerprint density at radius 3 is 3.00 bits per heavy atom. The Balaban J connectivity index is 1.76. The molecule has 2 aromatic rings. The van der Waals surface area contributed by atoms with Crippen LogP contribution in [0.3, 0.4) is 0 Å². The van der Waals surface area contributed by atoms with E-state index in [0.717, 1.165) is 29.0 Å². The maximum Gasteiger partial charge on any atom is 0.269 e. The van der Waals surface area contributed by atoms with E-state index in [9.17, 15) is 9.90 Å². The van der Waals surface area contributed by atoms with Gasteiger partial charge in [0.2, 0.25) is 0 Å². The highest BCUT2D eigenvalue weighted by atomic mass is 16.5. The first-order valence-electron chi connectivity index (χ1n) is 7.81. The number of ether oxygens (including phenoxy) is 1. The first-order valence-corrected chi connectivity index (χ1v) is 7.81. The van der Waals surface area contributed by atoms with Crippen LogP contribution in [0.5, 0.6) is 5.75 Å². The van der Waals surface area contributed by atoms with Gasteiger partial charge in [-0.25, -0.2) is 0 Å². The Morgan fingerprint density at radius 1 is 1.43 bits per heavy atom. The van der Waals surface area contributed by atoms with Crippen LogP contribution in [-0.4, -0.2) is 40.5 Å². The Morgan fingerprint density at radius 2 is 2.26 bits per heavy atom. The molecule has 3 rings (SSSR count). The van der Waals surface area contributed by atoms with Gasteiger partial charge in [-0.2, -0.15) is 5.10 Å². The molecule has 23 heavy (non-hydrogen) atoms. The molecule has 1 atom stereocenters. The molecule has 0 spiro atoms. The fourth-order valence-electron chi connectivity index (χ4n) is 2.60. The van der Waals surface area contributed by atoms with Crippen LogP contribution in [0.25, 0.3) is 11.3 Å². The van der Waals surface area contributed by atoms with Gasteiger partial charge in [-0.1, -0.05) is 13.8 Å². The summed E-state index contributed by atoms with van der Waals surface area (Å²) in [4.78, 5) is 12.2. The molecule has 3 N–H and O–H groups in total. The molecule has 1 aliphatic rings. The lowest BCUT2D eigenvalue weighted by Gasteiger charge is -2.19. The summed E-state index contributed by atoms with van der Waals surface area (Å²) < 4.78 is 5.50. The number of carbonyl (C=O) groups is 1. The number of H-pyrrole nitrogens is 1. The van der Waals surface area contributed by atoms with E-state index in [-0.39, 0.29) is 24.5 Å². The number of aliphatic hydroxyl groups excluding tert-OH is 1. The molecule has 6 nitrogen and oxygen atoms in total. The number of fused-ring (bicyclic) bond motifs is 1. The second-order valence-corrected chi connectivity index (χ2v) is 6.09. The first kappa shape index (κ1) is 15.6. The molecule has 6 heteroatoms. The minimum Gasteiger partial charge on any atom is -0.493 e. The van der Waals surface area contributed by atoms with Crippen LogP contribution < -0.4 is 10.1 Å². The average molecular weight is 315 g/mol. The van der Waals surface area contributed by atoms with Crippen molar-refractivity contribution < 1.29 is 14.6 Å². The monoisotopic (exact) mass is 315 g/mol. The summed E-state index contributed by atoms with van der Waals surface area (Å²) in [6.45, 7) is 4.53. The third-order valence-electron chi connectivity index (χ3n) is 4.13. The van der Waals surface area contributed by atoms with Crippen molar-refractivity contribution in [2.75, 3.05) is 13.2 Å². The molecule has 2 heterocycles. The molecular formula is C17H21N3O3. The van der Waals surface area contributed by atoms with Crippen molar-refractivity contribution in [1.29, 1.82) is 0 Å². The zero-order valence-electron chi connectivity index (χ0n) is 13.3. The summed E-state index contributed by atoms with van der Waals surface area (Å²) in [5, 5.41) is 19.1. The van der Waals surface area contributed by atoms with Crippen LogP contribution in [0.1, 0.15) is 29.9 Å². The normalized spacial score (nSPS) is 14.4. The number of benzene rings is 1. The molecule has 1 aromatic carbocycles. The van der Waals surface area contributed by atoms with Crippen LogP contribution in [-0.2, 0) is 6.42 Å². The number of rotatable bonds is 5. The van der Waals surface area contributed by atoms with E-state index < -0.39 is 0 Å². The van der Waals surface area contributed by atoms with E-state index in [0.29, 0.717) is 12.3 Å². The number of hydrogen-bond donors (Lipinski definition) is 3. The van der Waals surface area contributed by atoms with E-state index >= 15 is 0 Å². The van der Waals surface area contributed by atoms with Gasteiger partial charge in [-0.15, -0.1) is 0 Å². The molecule has 122 valence electrons. The summed E-state index contributed by atoms with van der Waals surface area (Å²) >= 11 is 0. The molecule has 1 amide bonds. The van der Waals surface area contributed by atoms with Crippen molar-refractivity contribution in [1.82, 2.24) is 15.5 Å². The number of aliphatic hydroxyl groups is 1. The van der Waals surface area contributed by atoms with Gasteiger partial charge in [-0.3, -0.25) is 9.89 Å². The highest BCUT2D eigenvalue weighted by Gasteiger charge is 2.19. The quantitative estimate of drug-likeness (QED) is 0.784. The molecule has 0 radical (unpaired) electrons. The molecule has 1 aromatic heterocycles. The lowest BCUT2D eigenvalue weighted by atomic mass is 10.0. The van der Waals surface area contributed by atoms with E-state index in [2.05, 4.69) is 15.5 Å². The van der Waals surface area contributed by atoms with Crippen LogP contribution >= 0.6 is 0 Å². The fraction of sp³-hybridized carbons (Fsp3) is 0.412. The number of nitrogens with one attached hydrogen (secondary N) is 2. The van der Waals surface area contributed by atoms with Gasteiger partial charge in [0.05, 0.1) is 24.9 Å². The van der Waals surface area contributed by atoms with Crippen LogP contribution in [0.2, 0.25) is 0 Å². The highest BCUT2D eigenvalue weighted by molar-refractivity contribution is 5.93. The minimum atomic E-state index is -0.272. The molecule has 0 unspecified atom stereocenters. The standard InChI is InChI=1S/C17H21N3O3/c1-10(2)15(9-21)18-17(22)14-8-13(19-20-14)11-3-4-16-12(7-11)5-6-23-16/h3-4,7-8,10,15,21H,5-6,9H2,1-2H3,(H,18,22)(H,19,20)/t15-/m0/s1. The van der Waals surface area contributed by atoms with Gasteiger partial charge in [0.15, 0.2) is 0 Å². The number of carbonyl (C=O) groups excluding carboxylic acids is 1. The molecule has 0 aliphatic carbocycles. The Hall–Kier alpha value is -2.34. The number of aromatic nitrogens is 2. The second-order valence-electron chi connectivity index (χ2n) is 6.09. The minimum absolute atomic E-state index is 0.0881. The number of nitrogens with zero attached hydrogens (tertiary/aromatic N) is 1. The van der Waals surface area contributed by atoms with Gasteiger partial charge in [0.1, 0.15) is 11.4 Å². The third kappa shape index (κ3) is 3.22. The molecule has 0 saturated heterocycles. The fourth-order valence-corrected chi connectivity index (χ4v) is 2.60. The molecular weight excluding hydrogens is 294 g/mol. The van der Waals surface area contributed by atoms with Gasteiger partial charge in [0, 0.05) is 12.0 Å². The summed E-state index contributed by atoms with van der Waals surface area (Å²) in [7, 11) is 0. The summed E-state index contributed by atoms with van der Waals surface area (Å²) in [5.74, 6) is 0.814. The third-order valence-corrected chi connectivity index (χ3v) is 4.13. The number of hydrogen-bond acceptors (Lipinski definition) is 4. The van der Waals surface area contributed by atoms with Gasteiger partial charge in [0.25, 0.3) is 5.91 Å². The SMILES string of the molecule is CC(C)[C@H](CO)NC(=O)c1cc(-c2ccc3c(c2)CCO3)n[nH]1. The molecule has 1 aliphatic heterocycles. The second kappa shape index (κ2) is 6.42. The zero-order chi connectivity index (χ0) is 16.4. The Kier molecular flexibility index (Phi) is 4.34. The zero-order valence-corrected chi connectivity index (χ0v) is 13.3. The predicted octanol–water partition coefficient (Wildman–Crippen LogP) is 1.76. The van der Waals surface area contributed by atoms with Crippen molar-refractivity contribution >= 4 is 5.91 Å². The van der Waals surface area contributed by atoms with E-state index in [1.165, 1.54) is 0 Å². The maximum absolute atomic E-state index is 12.2. The van der Waals surface area contributed by atoms with Crippen molar-refractivity contribution in [3.63, 3.8) is 0 Å². The predicted molar refractivity (Wildman–Crippen MR) is 86.4 cm³/mol. The maximum atomic E-state index is 12.2. The van der Waals surface area contributed by atoms with Crippen LogP contribution in [0, 0.1) is 5.92 Å². The van der Waals surface area contributed by atoms with Crippen molar-refractivity contribution in [3.05, 3.63) is 35.5 Å². The number of aromatic amines is 1. The highest BCUT2D eigenvalue weighted by Crippen LogP contribution is 2.29. The van der Waals surface area contributed by atoms with E-state index in [1.54, 1.807) is 6.07 Å². The van der Waals surface area contributed by atoms with Crippen molar-refractivity contribution in [3.8, 4) is 17.0 Å². The van der Waals surface area contributed by atoms with Gasteiger partial charge < -0.3 is 15.2 Å². The summed E-state index contributed by atoms with van der Waals surface area (Å²) in [5.41, 5.74) is 3.22. The molecule has 0 bridgehead atoms. The van der Waals surface area contributed by atoms with E-state index in [1.807, 2.05) is 32.0 Å². The summed E-state index contributed by atoms with van der Waals surface area (Å²) in [6, 6.07) is 7.37. The lowest BCUT2D eigenvalue weighted by Crippen LogP contribution is -2.41. The molecule has 0 fully saturated rings. The van der Waals surface area contributed by atoms with Gasteiger partial charge >= 0.3 is 0 Å². The smallest absolute Gasteiger partial charge is 0.269 e. The average Bonchev–Trinajstić information content (AvgIpc) is 3.19. The summed E-state index contributed by atoms with van der Waals surface area (Å²) in [6.07, 6.45) is 0.896. The lowest BCUT2D eigenvalue weighted by molar-refractivity contribution is 0.0892. The number of amides is 1. The molecule has 0 saturated carbocycles. The van der Waals surface area contributed by atoms with Crippen molar-refractivity contribution in [2.45, 2.75) is 26.3 Å². The van der Waals surface area contributed by atoms with Crippen molar-refractivity contribution in [2.24, 2.45) is 5.92 Å².